The third kappa shape index (κ3) is 3.62. The Labute approximate surface area is 212 Å². The van der Waals surface area contributed by atoms with E-state index in [4.69, 9.17) is 21.3 Å². The third-order valence-electron chi connectivity index (χ3n) is 6.68. The summed E-state index contributed by atoms with van der Waals surface area (Å²) in [6.07, 6.45) is 1.83. The molecule has 7 heteroatoms. The fourth-order valence-corrected chi connectivity index (χ4v) is 4.99. The molecule has 0 unspecified atom stereocenters. The van der Waals surface area contributed by atoms with Crippen molar-refractivity contribution in [3.63, 3.8) is 0 Å². The van der Waals surface area contributed by atoms with Crippen molar-refractivity contribution in [3.05, 3.63) is 94.6 Å². The Bertz CT molecular complexity index is 1800. The maximum Gasteiger partial charge on any atom is 0.340 e. The predicted molar refractivity (Wildman–Crippen MR) is 144 cm³/mol. The second kappa shape index (κ2) is 8.50. The highest BCUT2D eigenvalue weighted by Gasteiger charge is 2.22. The van der Waals surface area contributed by atoms with Crippen molar-refractivity contribution in [1.82, 2.24) is 19.3 Å². The Balaban J connectivity index is 1.65. The van der Waals surface area contributed by atoms with Crippen LogP contribution in [-0.2, 0) is 18.3 Å². The maximum atomic E-state index is 13.1. The highest BCUT2D eigenvalue weighted by molar-refractivity contribution is 6.31. The summed E-state index contributed by atoms with van der Waals surface area (Å²) in [7, 11) is 3.31. The zero-order chi connectivity index (χ0) is 25.0. The van der Waals surface area contributed by atoms with Gasteiger partial charge in [0, 0.05) is 35.0 Å². The summed E-state index contributed by atoms with van der Waals surface area (Å²) in [4.78, 5) is 18.2. The molecule has 0 atom stereocenters. The van der Waals surface area contributed by atoms with Gasteiger partial charge in [-0.25, -0.2) is 9.78 Å². The van der Waals surface area contributed by atoms with Crippen LogP contribution in [0.1, 0.15) is 21.5 Å². The molecule has 0 N–H and O–H groups in total. The molecule has 0 spiro atoms. The van der Waals surface area contributed by atoms with Crippen LogP contribution in [0.3, 0.4) is 0 Å². The van der Waals surface area contributed by atoms with E-state index in [1.165, 1.54) is 12.7 Å². The summed E-state index contributed by atoms with van der Waals surface area (Å²) in [6.45, 7) is 2.63. The molecular weight excluding hydrogens is 472 g/mol. The molecule has 0 amide bonds. The molecule has 0 saturated heterocycles. The molecule has 0 bridgehead atoms. The molecule has 0 fully saturated rings. The van der Waals surface area contributed by atoms with Gasteiger partial charge < -0.3 is 9.30 Å². The summed E-state index contributed by atoms with van der Waals surface area (Å²) in [5.41, 5.74) is 7.76. The van der Waals surface area contributed by atoms with Gasteiger partial charge in [-0.3, -0.25) is 4.68 Å². The average Bonchev–Trinajstić information content (AvgIpc) is 3.41. The van der Waals surface area contributed by atoms with Crippen LogP contribution in [0.4, 0.5) is 0 Å². The fourth-order valence-electron chi connectivity index (χ4n) is 4.82. The summed E-state index contributed by atoms with van der Waals surface area (Å²) in [5, 5.41) is 6.90. The summed E-state index contributed by atoms with van der Waals surface area (Å²) >= 11 is 6.42. The number of aryl methyl sites for hydroxylation is 2. The summed E-state index contributed by atoms with van der Waals surface area (Å²) in [6, 6.07) is 22.0. The van der Waals surface area contributed by atoms with Gasteiger partial charge in [0.2, 0.25) is 0 Å². The van der Waals surface area contributed by atoms with E-state index in [0.29, 0.717) is 22.8 Å². The SMILES string of the molecule is COC(=O)c1cc(-c2ccc3c(cnn3C)c2)nc2c3ccc(Cl)cc3n(Cc3ccc(C)cc3)c12. The van der Waals surface area contributed by atoms with Crippen LogP contribution in [0, 0.1) is 6.92 Å². The van der Waals surface area contributed by atoms with E-state index in [1.54, 1.807) is 0 Å². The summed E-state index contributed by atoms with van der Waals surface area (Å²) in [5.74, 6) is -0.412. The number of pyridine rings is 1. The quantitative estimate of drug-likeness (QED) is 0.261. The molecule has 178 valence electrons. The van der Waals surface area contributed by atoms with E-state index in [1.807, 2.05) is 60.4 Å². The third-order valence-corrected chi connectivity index (χ3v) is 6.91. The Hall–Kier alpha value is -4.16. The van der Waals surface area contributed by atoms with Gasteiger partial charge in [-0.1, -0.05) is 47.5 Å². The number of carbonyl (C=O) groups is 1. The van der Waals surface area contributed by atoms with E-state index in [9.17, 15) is 4.79 Å². The molecule has 6 rings (SSSR count). The van der Waals surface area contributed by atoms with E-state index in [0.717, 1.165) is 44.0 Å². The van der Waals surface area contributed by atoms with Crippen LogP contribution < -0.4 is 0 Å². The number of hydrogen-bond acceptors (Lipinski definition) is 4. The topological polar surface area (TPSA) is 61.9 Å². The number of halogens is 1. The van der Waals surface area contributed by atoms with Crippen molar-refractivity contribution in [3.8, 4) is 11.3 Å². The lowest BCUT2D eigenvalue weighted by Crippen LogP contribution is -2.08. The van der Waals surface area contributed by atoms with Crippen LogP contribution >= 0.6 is 11.6 Å². The standard InChI is InChI=1S/C29H23ClN4O2/c1-17-4-6-18(7-5-17)16-34-26-13-21(30)9-10-22(26)27-28(34)23(29(35)36-3)14-24(32-27)19-8-11-25-20(12-19)15-31-33(25)2/h4-15H,16H2,1-3H3. The number of nitrogens with zero attached hydrogens (tertiary/aromatic N) is 4. The smallest absolute Gasteiger partial charge is 0.340 e. The predicted octanol–water partition coefficient (Wildman–Crippen LogP) is 6.54. The first-order valence-electron chi connectivity index (χ1n) is 11.6. The lowest BCUT2D eigenvalue weighted by atomic mass is 10.1. The second-order valence-corrected chi connectivity index (χ2v) is 9.46. The Morgan fingerprint density at radius 3 is 2.58 bits per heavy atom. The van der Waals surface area contributed by atoms with Crippen LogP contribution in [-0.4, -0.2) is 32.4 Å². The minimum atomic E-state index is -0.412. The van der Waals surface area contributed by atoms with Gasteiger partial charge >= 0.3 is 5.97 Å². The minimum absolute atomic E-state index is 0.412. The average molecular weight is 495 g/mol. The number of esters is 1. The number of methoxy groups -OCH3 is 1. The van der Waals surface area contributed by atoms with Crippen molar-refractivity contribution in [1.29, 1.82) is 0 Å². The van der Waals surface area contributed by atoms with Gasteiger partial charge in [-0.2, -0.15) is 5.10 Å². The van der Waals surface area contributed by atoms with E-state index in [-0.39, 0.29) is 0 Å². The normalized spacial score (nSPS) is 11.6. The highest BCUT2D eigenvalue weighted by atomic mass is 35.5. The fraction of sp³-hybridized carbons (Fsp3) is 0.138. The Kier molecular flexibility index (Phi) is 5.27. The molecule has 6 aromatic rings. The van der Waals surface area contributed by atoms with Gasteiger partial charge in [-0.05, 0) is 48.9 Å². The van der Waals surface area contributed by atoms with Gasteiger partial charge in [0.15, 0.2) is 0 Å². The maximum absolute atomic E-state index is 13.1. The molecular formula is C29H23ClN4O2. The molecule has 0 aliphatic carbocycles. The monoisotopic (exact) mass is 494 g/mol. The number of fused-ring (bicyclic) bond motifs is 4. The van der Waals surface area contributed by atoms with Gasteiger partial charge in [-0.15, -0.1) is 0 Å². The number of hydrogen-bond donors (Lipinski definition) is 0. The first-order valence-corrected chi connectivity index (χ1v) is 12.0. The van der Waals surface area contributed by atoms with Crippen LogP contribution in [0.2, 0.25) is 5.02 Å². The lowest BCUT2D eigenvalue weighted by molar-refractivity contribution is 0.0602. The van der Waals surface area contributed by atoms with Gasteiger partial charge in [0.25, 0.3) is 0 Å². The molecule has 3 heterocycles. The van der Waals surface area contributed by atoms with Gasteiger partial charge in [0.05, 0.1) is 46.6 Å². The number of carbonyl (C=O) groups excluding carboxylic acids is 1. The Morgan fingerprint density at radius 1 is 1.00 bits per heavy atom. The minimum Gasteiger partial charge on any atom is -0.465 e. The molecule has 0 aliphatic heterocycles. The molecule has 0 saturated carbocycles. The zero-order valence-electron chi connectivity index (χ0n) is 20.1. The molecule has 36 heavy (non-hydrogen) atoms. The van der Waals surface area contributed by atoms with Crippen LogP contribution in [0.5, 0.6) is 0 Å². The van der Waals surface area contributed by atoms with E-state index in [2.05, 4.69) is 40.9 Å². The highest BCUT2D eigenvalue weighted by Crippen LogP contribution is 2.35. The van der Waals surface area contributed by atoms with Crippen LogP contribution in [0.15, 0.2) is 72.9 Å². The first kappa shape index (κ1) is 22.3. The second-order valence-electron chi connectivity index (χ2n) is 9.02. The molecule has 3 aromatic heterocycles. The van der Waals surface area contributed by atoms with E-state index >= 15 is 0 Å². The van der Waals surface area contributed by atoms with E-state index < -0.39 is 5.97 Å². The zero-order valence-corrected chi connectivity index (χ0v) is 20.9. The largest absolute Gasteiger partial charge is 0.465 e. The molecule has 0 aliphatic rings. The first-order chi connectivity index (χ1) is 17.4. The van der Waals surface area contributed by atoms with Crippen molar-refractivity contribution < 1.29 is 9.53 Å². The number of benzene rings is 3. The lowest BCUT2D eigenvalue weighted by Gasteiger charge is -2.12. The Morgan fingerprint density at radius 2 is 1.81 bits per heavy atom. The van der Waals surface area contributed by atoms with Crippen molar-refractivity contribution >= 4 is 50.4 Å². The summed E-state index contributed by atoms with van der Waals surface area (Å²) < 4.78 is 9.17. The number of rotatable bonds is 4. The molecule has 0 radical (unpaired) electrons. The molecule has 3 aromatic carbocycles. The van der Waals surface area contributed by atoms with Gasteiger partial charge in [0.1, 0.15) is 0 Å². The molecule has 6 nitrogen and oxygen atoms in total. The number of ether oxygens (including phenoxy) is 1. The van der Waals surface area contributed by atoms with Crippen LogP contribution in [0.25, 0.3) is 44.1 Å². The van der Waals surface area contributed by atoms with Crippen molar-refractivity contribution in [2.45, 2.75) is 13.5 Å². The van der Waals surface area contributed by atoms with Crippen molar-refractivity contribution in [2.24, 2.45) is 7.05 Å². The number of aromatic nitrogens is 4. The van der Waals surface area contributed by atoms with Crippen molar-refractivity contribution in [2.75, 3.05) is 7.11 Å².